The van der Waals surface area contributed by atoms with Crippen LogP contribution in [0.5, 0.6) is 0 Å². The lowest BCUT2D eigenvalue weighted by Crippen LogP contribution is -2.44. The van der Waals surface area contributed by atoms with Gasteiger partial charge in [0.2, 0.25) is 0 Å². The first-order chi connectivity index (χ1) is 14.5. The Kier molecular flexibility index (Phi) is 7.48. The Bertz CT molecular complexity index is 897. The zero-order valence-electron chi connectivity index (χ0n) is 18.9. The van der Waals surface area contributed by atoms with Crippen molar-refractivity contribution >= 4 is 28.3 Å². The highest BCUT2D eigenvalue weighted by atomic mass is 16.2. The molecule has 2 aromatic carbocycles. The van der Waals surface area contributed by atoms with E-state index in [0.29, 0.717) is 11.1 Å². The molecule has 5 nitrogen and oxygen atoms in total. The number of likely N-dealkylation sites (N-methyl/N-ethyl adjacent to an activating group) is 1. The Morgan fingerprint density at radius 1 is 0.800 bits per heavy atom. The fourth-order valence-electron chi connectivity index (χ4n) is 4.14. The van der Waals surface area contributed by atoms with E-state index in [1.54, 1.807) is 13.1 Å². The third-order valence-corrected chi connectivity index (χ3v) is 6.11. The van der Waals surface area contributed by atoms with Gasteiger partial charge in [-0.3, -0.25) is 14.5 Å². The molecule has 0 N–H and O–H groups in total. The number of anilines is 1. The van der Waals surface area contributed by atoms with Crippen LogP contribution in [0, 0.1) is 0 Å². The summed E-state index contributed by atoms with van der Waals surface area (Å²) in [5.41, 5.74) is 2.31. The maximum Gasteiger partial charge on any atom is 0.261 e. The zero-order chi connectivity index (χ0) is 21.7. The third kappa shape index (κ3) is 4.67. The van der Waals surface area contributed by atoms with E-state index in [-0.39, 0.29) is 11.8 Å². The Labute approximate surface area is 180 Å². The maximum atomic E-state index is 12.6. The van der Waals surface area contributed by atoms with E-state index in [2.05, 4.69) is 36.8 Å². The molecular formula is C25H35N3O2. The molecule has 2 aromatic rings. The van der Waals surface area contributed by atoms with Crippen LogP contribution in [0.3, 0.4) is 0 Å². The smallest absolute Gasteiger partial charge is 0.261 e. The van der Waals surface area contributed by atoms with E-state index in [9.17, 15) is 9.59 Å². The molecule has 0 aliphatic carbocycles. The average molecular weight is 410 g/mol. The highest BCUT2D eigenvalue weighted by molar-refractivity contribution is 6.25. The van der Waals surface area contributed by atoms with Gasteiger partial charge in [0, 0.05) is 49.9 Å². The molecule has 0 aromatic heterocycles. The van der Waals surface area contributed by atoms with Crippen molar-refractivity contribution < 1.29 is 9.59 Å². The molecule has 0 saturated carbocycles. The Morgan fingerprint density at radius 2 is 1.43 bits per heavy atom. The van der Waals surface area contributed by atoms with E-state index in [0.717, 1.165) is 42.6 Å². The minimum Gasteiger partial charge on any atom is -0.369 e. The Morgan fingerprint density at radius 3 is 2.07 bits per heavy atom. The van der Waals surface area contributed by atoms with Crippen LogP contribution in [0.25, 0.3) is 10.8 Å². The summed E-state index contributed by atoms with van der Waals surface area (Å²) in [6, 6.07) is 9.71. The fraction of sp³-hybridized carbons (Fsp3) is 0.520. The van der Waals surface area contributed by atoms with Gasteiger partial charge < -0.3 is 9.80 Å². The van der Waals surface area contributed by atoms with E-state index >= 15 is 0 Å². The molecule has 0 radical (unpaired) electrons. The second-order valence-corrected chi connectivity index (χ2v) is 8.42. The van der Waals surface area contributed by atoms with Crippen LogP contribution in [0.2, 0.25) is 0 Å². The number of carbonyl (C=O) groups excluding carboxylic acids is 2. The van der Waals surface area contributed by atoms with Gasteiger partial charge in [-0.25, -0.2) is 0 Å². The molecule has 2 aliphatic rings. The maximum absolute atomic E-state index is 12.6. The SMILES string of the molecule is CCCCCCC.CN1CCN(c2cc3c4c(cccc4c2)C(=O)N(C)C3=O)CC1. The van der Waals surface area contributed by atoms with Crippen molar-refractivity contribution in [3.63, 3.8) is 0 Å². The number of hydrogen-bond acceptors (Lipinski definition) is 4. The summed E-state index contributed by atoms with van der Waals surface area (Å²) >= 11 is 0. The van der Waals surface area contributed by atoms with Gasteiger partial charge in [0.1, 0.15) is 0 Å². The largest absolute Gasteiger partial charge is 0.369 e. The quantitative estimate of drug-likeness (QED) is 0.526. The van der Waals surface area contributed by atoms with E-state index < -0.39 is 0 Å². The van der Waals surface area contributed by atoms with Crippen molar-refractivity contribution in [1.29, 1.82) is 0 Å². The second-order valence-electron chi connectivity index (χ2n) is 8.42. The molecule has 0 unspecified atom stereocenters. The van der Waals surface area contributed by atoms with Crippen molar-refractivity contribution in [1.82, 2.24) is 9.80 Å². The molecule has 1 fully saturated rings. The summed E-state index contributed by atoms with van der Waals surface area (Å²) in [7, 11) is 3.67. The summed E-state index contributed by atoms with van der Waals surface area (Å²) in [6.07, 6.45) is 7.01. The van der Waals surface area contributed by atoms with Gasteiger partial charge in [0.05, 0.1) is 5.56 Å². The predicted octanol–water partition coefficient (Wildman–Crippen LogP) is 4.79. The molecule has 30 heavy (non-hydrogen) atoms. The standard InChI is InChI=1S/C18H19N3O2.C7H16/c1-19-6-8-21(9-7-19)13-10-12-4-3-5-14-16(12)15(11-13)18(23)20(2)17(14)22;1-3-5-7-6-4-2/h3-5,10-11H,6-9H2,1-2H3;3-7H2,1-2H3. The molecule has 0 atom stereocenters. The van der Waals surface area contributed by atoms with Crippen LogP contribution < -0.4 is 4.90 Å². The van der Waals surface area contributed by atoms with Crippen LogP contribution in [-0.2, 0) is 0 Å². The monoisotopic (exact) mass is 409 g/mol. The van der Waals surface area contributed by atoms with Crippen molar-refractivity contribution in [3.05, 3.63) is 41.5 Å². The number of amides is 2. The minimum absolute atomic E-state index is 0.213. The number of imide groups is 1. The van der Waals surface area contributed by atoms with Gasteiger partial charge in [0.25, 0.3) is 11.8 Å². The first-order valence-corrected chi connectivity index (χ1v) is 11.3. The van der Waals surface area contributed by atoms with E-state index in [4.69, 9.17) is 0 Å². The lowest BCUT2D eigenvalue weighted by Gasteiger charge is -2.35. The van der Waals surface area contributed by atoms with Crippen LogP contribution >= 0.6 is 0 Å². The predicted molar refractivity (Wildman–Crippen MR) is 125 cm³/mol. The Hall–Kier alpha value is -2.40. The number of hydrogen-bond donors (Lipinski definition) is 0. The van der Waals surface area contributed by atoms with Crippen molar-refractivity contribution in [2.75, 3.05) is 45.2 Å². The number of carbonyl (C=O) groups is 2. The number of benzene rings is 2. The fourth-order valence-corrected chi connectivity index (χ4v) is 4.14. The molecule has 2 amide bonds. The van der Waals surface area contributed by atoms with Gasteiger partial charge in [-0.05, 0) is 30.6 Å². The third-order valence-electron chi connectivity index (χ3n) is 6.11. The minimum atomic E-state index is -0.222. The van der Waals surface area contributed by atoms with E-state index in [1.807, 2.05) is 18.2 Å². The number of piperazine rings is 1. The summed E-state index contributed by atoms with van der Waals surface area (Å²) in [5.74, 6) is -0.435. The van der Waals surface area contributed by atoms with E-state index in [1.165, 1.54) is 37.0 Å². The normalized spacial score (nSPS) is 16.7. The summed E-state index contributed by atoms with van der Waals surface area (Å²) < 4.78 is 0. The summed E-state index contributed by atoms with van der Waals surface area (Å²) in [6.45, 7) is 8.42. The van der Waals surface area contributed by atoms with Crippen LogP contribution in [0.1, 0.15) is 66.7 Å². The first-order valence-electron chi connectivity index (χ1n) is 11.3. The molecule has 1 saturated heterocycles. The van der Waals surface area contributed by atoms with Gasteiger partial charge >= 0.3 is 0 Å². The number of unbranched alkanes of at least 4 members (excludes halogenated alkanes) is 4. The zero-order valence-corrected chi connectivity index (χ0v) is 18.9. The van der Waals surface area contributed by atoms with Gasteiger partial charge in [-0.1, -0.05) is 58.1 Å². The molecule has 5 heteroatoms. The molecule has 0 bridgehead atoms. The highest BCUT2D eigenvalue weighted by Gasteiger charge is 2.31. The number of rotatable bonds is 5. The highest BCUT2D eigenvalue weighted by Crippen LogP contribution is 2.33. The van der Waals surface area contributed by atoms with Gasteiger partial charge in [-0.2, -0.15) is 0 Å². The van der Waals surface area contributed by atoms with Crippen LogP contribution in [0.4, 0.5) is 5.69 Å². The molecular weight excluding hydrogens is 374 g/mol. The van der Waals surface area contributed by atoms with Crippen LogP contribution in [0.15, 0.2) is 30.3 Å². The molecule has 2 heterocycles. The molecule has 2 aliphatic heterocycles. The first kappa shape index (κ1) is 22.3. The van der Waals surface area contributed by atoms with Crippen molar-refractivity contribution in [2.45, 2.75) is 46.0 Å². The average Bonchev–Trinajstić information content (AvgIpc) is 2.77. The molecule has 4 rings (SSSR count). The van der Waals surface area contributed by atoms with Gasteiger partial charge in [-0.15, -0.1) is 0 Å². The van der Waals surface area contributed by atoms with Crippen molar-refractivity contribution in [3.8, 4) is 0 Å². The molecule has 0 spiro atoms. The number of nitrogens with zero attached hydrogens (tertiary/aromatic N) is 3. The summed E-state index contributed by atoms with van der Waals surface area (Å²) in [4.78, 5) is 30.7. The van der Waals surface area contributed by atoms with Crippen molar-refractivity contribution in [2.24, 2.45) is 0 Å². The molecule has 162 valence electrons. The summed E-state index contributed by atoms with van der Waals surface area (Å²) in [5, 5.41) is 1.75. The topological polar surface area (TPSA) is 43.9 Å². The Balaban J connectivity index is 0.000000318. The second kappa shape index (κ2) is 10.1. The lowest BCUT2D eigenvalue weighted by molar-refractivity contribution is 0.0650. The van der Waals surface area contributed by atoms with Crippen LogP contribution in [-0.4, -0.2) is 61.9 Å². The lowest BCUT2D eigenvalue weighted by atomic mass is 9.93. The van der Waals surface area contributed by atoms with Gasteiger partial charge in [0.15, 0.2) is 0 Å².